The lowest BCUT2D eigenvalue weighted by Crippen LogP contribution is -2.13. The minimum atomic E-state index is 0.0159. The van der Waals surface area contributed by atoms with Crippen LogP contribution in [0.5, 0.6) is 11.5 Å². The standard InChI is InChI=1S/C15H13NO3/c17-13(9-16-12-4-2-1-3-5-12)11-6-7-14-15(8-11)19-10-18-14/h1-8,16H,9-10H2. The molecule has 0 unspecified atom stereocenters. The van der Waals surface area contributed by atoms with E-state index in [1.165, 1.54) is 0 Å². The average Bonchev–Trinajstić information content (AvgIpc) is 2.93. The van der Waals surface area contributed by atoms with Gasteiger partial charge in [-0.3, -0.25) is 4.79 Å². The fraction of sp³-hybridized carbons (Fsp3) is 0.133. The molecule has 1 N–H and O–H groups in total. The Bertz CT molecular complexity index is 596. The molecule has 0 amide bonds. The van der Waals surface area contributed by atoms with Gasteiger partial charge in [0.05, 0.1) is 6.54 Å². The van der Waals surface area contributed by atoms with Gasteiger partial charge < -0.3 is 14.8 Å². The molecule has 19 heavy (non-hydrogen) atoms. The number of fused-ring (bicyclic) bond motifs is 1. The Balaban J connectivity index is 1.67. The summed E-state index contributed by atoms with van der Waals surface area (Å²) < 4.78 is 10.5. The quantitative estimate of drug-likeness (QED) is 0.853. The van der Waals surface area contributed by atoms with Gasteiger partial charge in [-0.2, -0.15) is 0 Å². The van der Waals surface area contributed by atoms with Gasteiger partial charge in [-0.15, -0.1) is 0 Å². The molecule has 4 nitrogen and oxygen atoms in total. The summed E-state index contributed by atoms with van der Waals surface area (Å²) >= 11 is 0. The van der Waals surface area contributed by atoms with Crippen molar-refractivity contribution in [1.82, 2.24) is 0 Å². The number of carbonyl (C=O) groups excluding carboxylic acids is 1. The van der Waals surface area contributed by atoms with Crippen LogP contribution in [0.25, 0.3) is 0 Å². The van der Waals surface area contributed by atoms with Crippen molar-refractivity contribution in [3.8, 4) is 11.5 Å². The second-order valence-corrected chi connectivity index (χ2v) is 4.21. The number of hydrogen-bond acceptors (Lipinski definition) is 4. The van der Waals surface area contributed by atoms with Crippen molar-refractivity contribution in [2.75, 3.05) is 18.7 Å². The second kappa shape index (κ2) is 5.02. The van der Waals surface area contributed by atoms with Crippen LogP contribution >= 0.6 is 0 Å². The third kappa shape index (κ3) is 2.52. The van der Waals surface area contributed by atoms with Gasteiger partial charge in [-0.1, -0.05) is 18.2 Å². The molecule has 1 aliphatic heterocycles. The molecule has 96 valence electrons. The molecule has 1 aliphatic rings. The predicted molar refractivity (Wildman–Crippen MR) is 71.8 cm³/mol. The van der Waals surface area contributed by atoms with E-state index >= 15 is 0 Å². The Morgan fingerprint density at radius 1 is 1.05 bits per heavy atom. The Morgan fingerprint density at radius 2 is 1.84 bits per heavy atom. The van der Waals surface area contributed by atoms with Gasteiger partial charge in [0.25, 0.3) is 0 Å². The summed E-state index contributed by atoms with van der Waals surface area (Å²) in [5.74, 6) is 1.33. The summed E-state index contributed by atoms with van der Waals surface area (Å²) in [7, 11) is 0. The predicted octanol–water partition coefficient (Wildman–Crippen LogP) is 2.71. The van der Waals surface area contributed by atoms with E-state index in [-0.39, 0.29) is 19.1 Å². The monoisotopic (exact) mass is 255 g/mol. The summed E-state index contributed by atoms with van der Waals surface area (Å²) in [5, 5.41) is 3.09. The van der Waals surface area contributed by atoms with Gasteiger partial charge in [-0.05, 0) is 30.3 Å². The molecule has 3 rings (SSSR count). The van der Waals surface area contributed by atoms with Crippen LogP contribution in [0.2, 0.25) is 0 Å². The first-order valence-corrected chi connectivity index (χ1v) is 6.05. The normalized spacial score (nSPS) is 12.2. The molecule has 4 heteroatoms. The summed E-state index contributed by atoms with van der Waals surface area (Å²) in [4.78, 5) is 12.1. The molecule has 1 heterocycles. The molecule has 0 fully saturated rings. The molecule has 0 aromatic heterocycles. The molecule has 0 saturated carbocycles. The highest BCUT2D eigenvalue weighted by atomic mass is 16.7. The molecule has 0 bridgehead atoms. The second-order valence-electron chi connectivity index (χ2n) is 4.21. The van der Waals surface area contributed by atoms with Crippen molar-refractivity contribution >= 4 is 11.5 Å². The van der Waals surface area contributed by atoms with E-state index in [0.717, 1.165) is 5.69 Å². The highest BCUT2D eigenvalue weighted by molar-refractivity contribution is 5.99. The first-order chi connectivity index (χ1) is 9.33. The van der Waals surface area contributed by atoms with E-state index in [2.05, 4.69) is 5.32 Å². The molecule has 2 aromatic rings. The minimum Gasteiger partial charge on any atom is -0.454 e. The van der Waals surface area contributed by atoms with Crippen LogP contribution in [-0.2, 0) is 0 Å². The fourth-order valence-corrected chi connectivity index (χ4v) is 1.91. The number of ketones is 1. The number of anilines is 1. The zero-order valence-corrected chi connectivity index (χ0v) is 10.3. The number of rotatable bonds is 4. The Hall–Kier alpha value is -2.49. The lowest BCUT2D eigenvalue weighted by atomic mass is 10.1. The minimum absolute atomic E-state index is 0.0159. The van der Waals surface area contributed by atoms with Crippen molar-refractivity contribution in [2.45, 2.75) is 0 Å². The van der Waals surface area contributed by atoms with E-state index in [4.69, 9.17) is 9.47 Å². The lowest BCUT2D eigenvalue weighted by Gasteiger charge is -2.06. The van der Waals surface area contributed by atoms with Gasteiger partial charge in [-0.25, -0.2) is 0 Å². The first-order valence-electron chi connectivity index (χ1n) is 6.05. The summed E-state index contributed by atoms with van der Waals surface area (Å²) in [5.41, 5.74) is 1.55. The molecular weight excluding hydrogens is 242 g/mol. The summed E-state index contributed by atoms with van der Waals surface area (Å²) in [6.45, 7) is 0.471. The van der Waals surface area contributed by atoms with Crippen LogP contribution in [0.4, 0.5) is 5.69 Å². The van der Waals surface area contributed by atoms with Gasteiger partial charge in [0.2, 0.25) is 6.79 Å². The zero-order chi connectivity index (χ0) is 13.1. The van der Waals surface area contributed by atoms with Crippen LogP contribution in [-0.4, -0.2) is 19.1 Å². The van der Waals surface area contributed by atoms with Gasteiger partial charge in [0, 0.05) is 11.3 Å². The van der Waals surface area contributed by atoms with Crippen molar-refractivity contribution < 1.29 is 14.3 Å². The molecule has 0 atom stereocenters. The molecular formula is C15H13NO3. The summed E-state index contributed by atoms with van der Waals surface area (Å²) in [6, 6.07) is 14.9. The smallest absolute Gasteiger partial charge is 0.231 e. The maximum absolute atomic E-state index is 12.1. The number of ether oxygens (including phenoxy) is 2. The van der Waals surface area contributed by atoms with Crippen LogP contribution in [0.1, 0.15) is 10.4 Å². The Morgan fingerprint density at radius 3 is 2.68 bits per heavy atom. The highest BCUT2D eigenvalue weighted by Crippen LogP contribution is 2.32. The molecule has 0 spiro atoms. The number of carbonyl (C=O) groups is 1. The maximum atomic E-state index is 12.1. The first kappa shape index (κ1) is 11.6. The van der Waals surface area contributed by atoms with E-state index < -0.39 is 0 Å². The van der Waals surface area contributed by atoms with E-state index in [9.17, 15) is 4.79 Å². The van der Waals surface area contributed by atoms with Crippen LogP contribution < -0.4 is 14.8 Å². The van der Waals surface area contributed by atoms with E-state index in [1.54, 1.807) is 18.2 Å². The van der Waals surface area contributed by atoms with Gasteiger partial charge in [0.1, 0.15) is 0 Å². The average molecular weight is 255 g/mol. The van der Waals surface area contributed by atoms with E-state index in [0.29, 0.717) is 17.1 Å². The number of benzene rings is 2. The van der Waals surface area contributed by atoms with Crippen LogP contribution in [0, 0.1) is 0 Å². The third-order valence-corrected chi connectivity index (χ3v) is 2.92. The van der Waals surface area contributed by atoms with Gasteiger partial charge in [0.15, 0.2) is 17.3 Å². The Kier molecular flexibility index (Phi) is 3.06. The van der Waals surface area contributed by atoms with Crippen molar-refractivity contribution in [3.05, 3.63) is 54.1 Å². The molecule has 0 radical (unpaired) electrons. The third-order valence-electron chi connectivity index (χ3n) is 2.92. The SMILES string of the molecule is O=C(CNc1ccccc1)c1ccc2c(c1)OCO2. The number of Topliss-reactive ketones (excluding diaryl/α,β-unsaturated/α-hetero) is 1. The lowest BCUT2D eigenvalue weighted by molar-refractivity contribution is 0.101. The fourth-order valence-electron chi connectivity index (χ4n) is 1.91. The number of nitrogens with one attached hydrogen (secondary N) is 1. The van der Waals surface area contributed by atoms with Crippen molar-refractivity contribution in [2.24, 2.45) is 0 Å². The van der Waals surface area contributed by atoms with E-state index in [1.807, 2.05) is 30.3 Å². The Labute approximate surface area is 111 Å². The number of hydrogen-bond donors (Lipinski definition) is 1. The van der Waals surface area contributed by atoms with Gasteiger partial charge >= 0.3 is 0 Å². The van der Waals surface area contributed by atoms with Crippen molar-refractivity contribution in [1.29, 1.82) is 0 Å². The maximum Gasteiger partial charge on any atom is 0.231 e. The molecule has 0 aliphatic carbocycles. The molecule has 0 saturated heterocycles. The highest BCUT2D eigenvalue weighted by Gasteiger charge is 2.15. The zero-order valence-electron chi connectivity index (χ0n) is 10.3. The number of para-hydroxylation sites is 1. The van der Waals surface area contributed by atoms with Crippen LogP contribution in [0.15, 0.2) is 48.5 Å². The van der Waals surface area contributed by atoms with Crippen LogP contribution in [0.3, 0.4) is 0 Å². The molecule has 2 aromatic carbocycles. The van der Waals surface area contributed by atoms with Crippen molar-refractivity contribution in [3.63, 3.8) is 0 Å². The largest absolute Gasteiger partial charge is 0.454 e. The topological polar surface area (TPSA) is 47.6 Å². The summed E-state index contributed by atoms with van der Waals surface area (Å²) in [6.07, 6.45) is 0.